The van der Waals surface area contributed by atoms with Gasteiger partial charge in [-0.15, -0.1) is 0 Å². The molecule has 1 N–H and O–H groups in total. The van der Waals surface area contributed by atoms with E-state index < -0.39 is 0 Å². The van der Waals surface area contributed by atoms with E-state index in [1.165, 1.54) is 0 Å². The van der Waals surface area contributed by atoms with Gasteiger partial charge >= 0.3 is 6.03 Å². The van der Waals surface area contributed by atoms with Crippen molar-refractivity contribution in [1.82, 2.24) is 4.90 Å². The zero-order valence-corrected chi connectivity index (χ0v) is 14.9. The van der Waals surface area contributed by atoms with Crippen molar-refractivity contribution in [3.63, 3.8) is 0 Å². The highest BCUT2D eigenvalue weighted by Gasteiger charge is 2.30. The Morgan fingerprint density at radius 1 is 1.00 bits per heavy atom. The van der Waals surface area contributed by atoms with Gasteiger partial charge in [0.1, 0.15) is 6.54 Å². The lowest BCUT2D eigenvalue weighted by Crippen LogP contribution is -2.37. The minimum Gasteiger partial charge on any atom is -0.324 e. The molecule has 25 heavy (non-hydrogen) atoms. The number of benzene rings is 2. The predicted molar refractivity (Wildman–Crippen MR) is 100 cm³/mol. The van der Waals surface area contributed by atoms with Crippen LogP contribution in [0.4, 0.5) is 16.2 Å². The normalized spacial score (nSPS) is 14.1. The van der Waals surface area contributed by atoms with Crippen molar-refractivity contribution in [3.8, 4) is 0 Å². The highest BCUT2D eigenvalue weighted by Crippen LogP contribution is 2.21. The molecule has 0 bridgehead atoms. The largest absolute Gasteiger partial charge is 0.325 e. The number of anilines is 2. The second-order valence-corrected chi connectivity index (χ2v) is 6.56. The van der Waals surface area contributed by atoms with E-state index in [9.17, 15) is 9.59 Å². The van der Waals surface area contributed by atoms with Gasteiger partial charge in [-0.25, -0.2) is 4.79 Å². The molecule has 2 aromatic rings. The van der Waals surface area contributed by atoms with E-state index in [1.807, 2.05) is 63.2 Å². The fourth-order valence-corrected chi connectivity index (χ4v) is 3.01. The highest BCUT2D eigenvalue weighted by atomic mass is 16.2. The van der Waals surface area contributed by atoms with Crippen LogP contribution in [0.2, 0.25) is 0 Å². The molecular weight excluding hydrogens is 314 g/mol. The van der Waals surface area contributed by atoms with Crippen LogP contribution in [0.5, 0.6) is 0 Å². The summed E-state index contributed by atoms with van der Waals surface area (Å²) in [6.07, 6.45) is 0. The van der Waals surface area contributed by atoms with Crippen molar-refractivity contribution in [2.24, 2.45) is 0 Å². The van der Waals surface area contributed by atoms with E-state index in [1.54, 1.807) is 9.80 Å². The lowest BCUT2D eigenvalue weighted by Gasteiger charge is -2.19. The summed E-state index contributed by atoms with van der Waals surface area (Å²) in [4.78, 5) is 28.2. The number of amides is 3. The maximum atomic E-state index is 12.6. The molecule has 1 heterocycles. The molecule has 1 aliphatic heterocycles. The van der Waals surface area contributed by atoms with Gasteiger partial charge < -0.3 is 10.2 Å². The molecule has 0 aromatic heterocycles. The van der Waals surface area contributed by atoms with Crippen LogP contribution in [0.15, 0.2) is 42.5 Å². The zero-order valence-electron chi connectivity index (χ0n) is 14.9. The van der Waals surface area contributed by atoms with Crippen molar-refractivity contribution < 1.29 is 9.59 Å². The molecule has 0 radical (unpaired) electrons. The Kier molecular flexibility index (Phi) is 4.74. The number of hydrogen-bond acceptors (Lipinski definition) is 2. The topological polar surface area (TPSA) is 52.6 Å². The molecule has 1 saturated heterocycles. The van der Waals surface area contributed by atoms with Gasteiger partial charge in [0.15, 0.2) is 0 Å². The fraction of sp³-hybridized carbons (Fsp3) is 0.300. The van der Waals surface area contributed by atoms with Crippen molar-refractivity contribution in [2.45, 2.75) is 20.8 Å². The van der Waals surface area contributed by atoms with Gasteiger partial charge in [-0.05, 0) is 44.5 Å². The second kappa shape index (κ2) is 6.97. The van der Waals surface area contributed by atoms with Gasteiger partial charge in [-0.2, -0.15) is 0 Å². The monoisotopic (exact) mass is 337 g/mol. The highest BCUT2D eigenvalue weighted by molar-refractivity contribution is 5.99. The molecule has 5 nitrogen and oxygen atoms in total. The summed E-state index contributed by atoms with van der Waals surface area (Å²) in [5.74, 6) is -0.175. The summed E-state index contributed by atoms with van der Waals surface area (Å²) in [5, 5.41) is 2.90. The minimum absolute atomic E-state index is 0.0640. The zero-order chi connectivity index (χ0) is 18.0. The van der Waals surface area contributed by atoms with Gasteiger partial charge in [0.25, 0.3) is 0 Å². The average Bonchev–Trinajstić information content (AvgIpc) is 2.92. The predicted octanol–water partition coefficient (Wildman–Crippen LogP) is 3.49. The first kappa shape index (κ1) is 17.0. The molecule has 1 aliphatic rings. The molecule has 130 valence electrons. The van der Waals surface area contributed by atoms with Gasteiger partial charge in [0.05, 0.1) is 0 Å². The molecule has 0 spiro atoms. The van der Waals surface area contributed by atoms with Crippen LogP contribution in [0, 0.1) is 20.8 Å². The van der Waals surface area contributed by atoms with E-state index >= 15 is 0 Å². The third kappa shape index (κ3) is 3.82. The van der Waals surface area contributed by atoms with E-state index in [-0.39, 0.29) is 18.5 Å². The quantitative estimate of drug-likeness (QED) is 0.928. The van der Waals surface area contributed by atoms with Gasteiger partial charge in [-0.3, -0.25) is 9.69 Å². The smallest absolute Gasteiger partial charge is 0.324 e. The number of rotatable bonds is 4. The Bertz CT molecular complexity index is 799. The molecule has 2 aromatic carbocycles. The van der Waals surface area contributed by atoms with Crippen LogP contribution < -0.4 is 10.2 Å². The second-order valence-electron chi connectivity index (χ2n) is 6.56. The number of aryl methyl sites for hydroxylation is 3. The Balaban J connectivity index is 1.62. The number of carbonyl (C=O) groups excluding carboxylic acids is 2. The fourth-order valence-electron chi connectivity index (χ4n) is 3.01. The number of carbonyl (C=O) groups is 2. The van der Waals surface area contributed by atoms with E-state index in [2.05, 4.69) is 5.32 Å². The van der Waals surface area contributed by atoms with Crippen LogP contribution in [-0.4, -0.2) is 36.5 Å². The molecule has 3 rings (SSSR count). The summed E-state index contributed by atoms with van der Waals surface area (Å²) in [7, 11) is 0. The lowest BCUT2D eigenvalue weighted by atomic mass is 10.1. The number of hydrogen-bond donors (Lipinski definition) is 1. The first-order valence-corrected chi connectivity index (χ1v) is 8.44. The van der Waals surface area contributed by atoms with E-state index in [0.29, 0.717) is 13.1 Å². The summed E-state index contributed by atoms with van der Waals surface area (Å²) < 4.78 is 0. The Morgan fingerprint density at radius 2 is 1.68 bits per heavy atom. The third-order valence-electron chi connectivity index (χ3n) is 4.43. The summed E-state index contributed by atoms with van der Waals surface area (Å²) in [6.45, 7) is 7.20. The van der Waals surface area contributed by atoms with Crippen LogP contribution in [0.1, 0.15) is 16.7 Å². The van der Waals surface area contributed by atoms with Crippen molar-refractivity contribution in [1.29, 1.82) is 0 Å². The van der Waals surface area contributed by atoms with Crippen LogP contribution in [0.3, 0.4) is 0 Å². The number of nitrogens with one attached hydrogen (secondary N) is 1. The first-order valence-electron chi connectivity index (χ1n) is 8.44. The van der Waals surface area contributed by atoms with Crippen molar-refractivity contribution >= 4 is 23.3 Å². The van der Waals surface area contributed by atoms with Crippen molar-refractivity contribution in [2.75, 3.05) is 29.9 Å². The van der Waals surface area contributed by atoms with Crippen molar-refractivity contribution in [3.05, 3.63) is 59.2 Å². The summed E-state index contributed by atoms with van der Waals surface area (Å²) >= 11 is 0. The van der Waals surface area contributed by atoms with Crippen LogP contribution in [-0.2, 0) is 4.79 Å². The average molecular weight is 337 g/mol. The molecule has 3 amide bonds. The van der Waals surface area contributed by atoms with E-state index in [4.69, 9.17) is 0 Å². The third-order valence-corrected chi connectivity index (χ3v) is 4.43. The molecule has 0 unspecified atom stereocenters. The molecule has 1 fully saturated rings. The van der Waals surface area contributed by atoms with Gasteiger partial charge in [0, 0.05) is 24.5 Å². The SMILES string of the molecule is Cc1ccc(N2CCN(CC(=O)Nc3ccc(C)cc3C)C2=O)cc1. The standard InChI is InChI=1S/C20H23N3O2/c1-14-4-7-17(8-5-14)23-11-10-22(20(23)25)13-19(24)21-18-9-6-15(2)12-16(18)3/h4-9,12H,10-11,13H2,1-3H3,(H,21,24). The Labute approximate surface area is 148 Å². The summed E-state index contributed by atoms with van der Waals surface area (Å²) in [6, 6.07) is 13.6. The van der Waals surface area contributed by atoms with Gasteiger partial charge in [-0.1, -0.05) is 35.4 Å². The minimum atomic E-state index is -0.175. The maximum absolute atomic E-state index is 12.6. The Morgan fingerprint density at radius 3 is 2.36 bits per heavy atom. The molecule has 0 atom stereocenters. The molecule has 0 saturated carbocycles. The molecule has 0 aliphatic carbocycles. The lowest BCUT2D eigenvalue weighted by molar-refractivity contribution is -0.116. The van der Waals surface area contributed by atoms with Crippen LogP contribution >= 0.6 is 0 Å². The summed E-state index contributed by atoms with van der Waals surface area (Å²) in [5.41, 5.74) is 4.98. The number of nitrogens with zero attached hydrogens (tertiary/aromatic N) is 2. The first-order chi connectivity index (χ1) is 11.9. The molecular formula is C20H23N3O2. The van der Waals surface area contributed by atoms with Crippen LogP contribution in [0.25, 0.3) is 0 Å². The maximum Gasteiger partial charge on any atom is 0.325 e. The number of urea groups is 1. The van der Waals surface area contributed by atoms with Gasteiger partial charge in [0.2, 0.25) is 5.91 Å². The Hall–Kier alpha value is -2.82. The van der Waals surface area contributed by atoms with E-state index in [0.717, 1.165) is 28.1 Å². The molecule has 5 heteroatoms.